The summed E-state index contributed by atoms with van der Waals surface area (Å²) in [4.78, 5) is 26.4. The van der Waals surface area contributed by atoms with Gasteiger partial charge in [0.2, 0.25) is 0 Å². The number of likely N-dealkylation sites (N-methyl/N-ethyl adjacent to an activating group) is 1. The van der Waals surface area contributed by atoms with Crippen molar-refractivity contribution in [1.82, 2.24) is 31.1 Å². The molecule has 1 saturated heterocycles. The number of aliphatic carboxylic acids is 1. The zero-order valence-electron chi connectivity index (χ0n) is 38.6. The number of piperazine rings is 1. The van der Waals surface area contributed by atoms with Gasteiger partial charge in [-0.25, -0.2) is 4.98 Å². The summed E-state index contributed by atoms with van der Waals surface area (Å²) in [6, 6.07) is 20.6. The van der Waals surface area contributed by atoms with Crippen molar-refractivity contribution in [3.63, 3.8) is 0 Å². The quantitative estimate of drug-likeness (QED) is 0.0275. The Morgan fingerprint density at radius 3 is 1.33 bits per heavy atom. The molecule has 1 aromatic heterocycles. The van der Waals surface area contributed by atoms with Crippen LogP contribution in [0.15, 0.2) is 79.4 Å². The molecule has 0 spiro atoms. The molecule has 64 heavy (non-hydrogen) atoms. The first kappa shape index (κ1) is 67.0. The fourth-order valence-corrected chi connectivity index (χ4v) is 4.31. The van der Waals surface area contributed by atoms with Crippen LogP contribution in [0.2, 0.25) is 0 Å². The van der Waals surface area contributed by atoms with Crippen LogP contribution in [0.1, 0.15) is 11.1 Å². The third-order valence-electron chi connectivity index (χ3n) is 7.43. The minimum atomic E-state index is -0.968. The van der Waals surface area contributed by atoms with Crippen molar-refractivity contribution in [2.75, 3.05) is 153 Å². The number of benzene rings is 2. The number of aliphatic hydroxyl groups excluding tert-OH is 6. The molecule has 0 atom stereocenters. The second-order valence-corrected chi connectivity index (χ2v) is 14.3. The van der Waals surface area contributed by atoms with Crippen molar-refractivity contribution in [2.45, 2.75) is 18.4 Å². The van der Waals surface area contributed by atoms with Gasteiger partial charge >= 0.3 is 5.97 Å². The zero-order chi connectivity index (χ0) is 49.0. The van der Waals surface area contributed by atoms with Gasteiger partial charge in [0.1, 0.15) is 6.54 Å². The number of hydrogen-bond donors (Lipinski definition) is 16. The predicted octanol–water partition coefficient (Wildman–Crippen LogP) is -3.98. The van der Waals surface area contributed by atoms with Crippen LogP contribution in [0, 0.1) is 0 Å². The Morgan fingerprint density at radius 2 is 1.12 bits per heavy atom. The van der Waals surface area contributed by atoms with Gasteiger partial charge < -0.3 is 84.5 Å². The Bertz CT molecular complexity index is 1190. The Kier molecular flexibility index (Phi) is 54.5. The summed E-state index contributed by atoms with van der Waals surface area (Å²) in [5.41, 5.74) is 30.9. The number of H-pyrrole nitrogens is 1. The topological polar surface area (TPSA) is 375 Å². The number of aliphatic hydroxyl groups is 6. The molecule has 0 saturated carbocycles. The number of carboxylic acid groups (broad SMARTS) is 1. The van der Waals surface area contributed by atoms with Crippen LogP contribution in [-0.2, 0) is 27.3 Å². The van der Waals surface area contributed by atoms with Gasteiger partial charge in [0.05, 0.1) is 86.9 Å². The molecule has 0 unspecified atom stereocenters. The van der Waals surface area contributed by atoms with Gasteiger partial charge in [-0.1, -0.05) is 66.3 Å². The third-order valence-corrected chi connectivity index (χ3v) is 7.43. The summed E-state index contributed by atoms with van der Waals surface area (Å²) in [7, 11) is 6.16. The summed E-state index contributed by atoms with van der Waals surface area (Å²) < 4.78 is 0.844. The van der Waals surface area contributed by atoms with E-state index < -0.39 is 5.97 Å². The van der Waals surface area contributed by atoms with E-state index >= 15 is 0 Å². The second kappa shape index (κ2) is 52.0. The van der Waals surface area contributed by atoms with Gasteiger partial charge in [-0.05, 0) is 24.0 Å². The van der Waals surface area contributed by atoms with Crippen LogP contribution < -0.4 is 44.9 Å². The molecular weight excluding hydrogens is 833 g/mol. The van der Waals surface area contributed by atoms with E-state index in [-0.39, 0.29) is 64.9 Å². The van der Waals surface area contributed by atoms with Crippen LogP contribution >= 0.6 is 0 Å². The normalized spacial score (nSPS) is 11.5. The Balaban J connectivity index is -0.000000341. The standard InChI is InChI=1S/C16H20N2.C6H15NO3.C5H14NO.C4H10N2.C4H11NO4.C3H4N2.C2H8N2.C2H5NO2/c17-13-16(18,11-14-7-3-1-4-8-14)12-15-9-5-2-6-10-15;8-4-1-7(2-5-9)3-6-10;1-6(2,3)4-5-7;1-2-6-4-3-5-1;6-1-3-8-5-9-4-2-7;1-2-5-3-4-1;3-1-2-4;3-1-2(4)5/h1-10H,11-13,17-18H2;8-10H,1-6H2;7H,4-5H2,1-3H3;5-6H,1-4H2;5-7H,1-4H2;1-3H,(H,4,5);1-4H2;1,3H2,(H,4,5)/q;;+1;;;;;. The summed E-state index contributed by atoms with van der Waals surface area (Å²) in [5.74, 6) is -0.968. The van der Waals surface area contributed by atoms with E-state index in [0.29, 0.717) is 39.3 Å². The molecule has 0 radical (unpaired) electrons. The molecule has 22 nitrogen and oxygen atoms in total. The number of aromatic nitrogens is 2. The van der Waals surface area contributed by atoms with E-state index in [1.807, 2.05) is 36.4 Å². The summed E-state index contributed by atoms with van der Waals surface area (Å²) >= 11 is 0. The van der Waals surface area contributed by atoms with E-state index in [0.717, 1.165) is 50.0 Å². The number of carbonyl (C=O) groups is 1. The molecule has 21 N–H and O–H groups in total. The summed E-state index contributed by atoms with van der Waals surface area (Å²) in [5, 5.41) is 64.2. The summed E-state index contributed by atoms with van der Waals surface area (Å²) in [6.07, 6.45) is 6.69. The van der Waals surface area contributed by atoms with Crippen molar-refractivity contribution >= 4 is 5.97 Å². The maximum atomic E-state index is 9.24. The molecule has 4 rings (SSSR count). The molecule has 1 fully saturated rings. The largest absolute Gasteiger partial charge is 0.480 e. The van der Waals surface area contributed by atoms with Crippen LogP contribution in [0.3, 0.4) is 0 Å². The van der Waals surface area contributed by atoms with Crippen molar-refractivity contribution < 1.29 is 54.7 Å². The average molecular weight is 920 g/mol. The van der Waals surface area contributed by atoms with E-state index in [1.165, 1.54) is 11.1 Å². The lowest BCUT2D eigenvalue weighted by Crippen LogP contribution is -2.50. The first-order chi connectivity index (χ1) is 30.7. The van der Waals surface area contributed by atoms with Crippen LogP contribution in [0.5, 0.6) is 0 Å². The Morgan fingerprint density at radius 1 is 0.719 bits per heavy atom. The molecule has 3 aromatic rings. The molecule has 1 aliphatic heterocycles. The second-order valence-electron chi connectivity index (χ2n) is 14.3. The molecule has 0 aliphatic carbocycles. The highest BCUT2D eigenvalue weighted by molar-refractivity contribution is 5.68. The van der Waals surface area contributed by atoms with E-state index in [1.54, 1.807) is 23.6 Å². The number of hydrogen-bond acceptors (Lipinski definition) is 19. The highest BCUT2D eigenvalue weighted by atomic mass is 16.9. The molecule has 374 valence electrons. The molecule has 0 bridgehead atoms. The molecule has 2 heterocycles. The number of imidazole rings is 1. The van der Waals surface area contributed by atoms with Crippen molar-refractivity contribution in [1.29, 1.82) is 0 Å². The van der Waals surface area contributed by atoms with Crippen LogP contribution in [-0.4, -0.2) is 219 Å². The highest BCUT2D eigenvalue weighted by Gasteiger charge is 2.24. The monoisotopic (exact) mass is 920 g/mol. The minimum Gasteiger partial charge on any atom is -0.480 e. The van der Waals surface area contributed by atoms with E-state index in [4.69, 9.17) is 58.7 Å². The average Bonchev–Trinajstić information content (AvgIpc) is 3.90. The molecule has 1 aliphatic rings. The molecule has 2 aromatic carbocycles. The van der Waals surface area contributed by atoms with Crippen LogP contribution in [0.4, 0.5) is 0 Å². The SMILES string of the molecule is C1CNCCN1.C[N+](C)(C)CCO.NCC(=O)O.NCC(N)(Cc1ccccc1)Cc1ccccc1.NCCN.OCCN(CCO)CCO.OCCONOCCO.c1c[nH]cn1. The Hall–Kier alpha value is -3.60. The first-order valence-electron chi connectivity index (χ1n) is 21.1. The number of nitrogens with one attached hydrogen (secondary N) is 4. The van der Waals surface area contributed by atoms with E-state index in [9.17, 15) is 4.79 Å². The number of rotatable bonds is 21. The predicted molar refractivity (Wildman–Crippen MR) is 252 cm³/mol. The van der Waals surface area contributed by atoms with Crippen LogP contribution in [0.25, 0.3) is 0 Å². The zero-order valence-corrected chi connectivity index (χ0v) is 38.6. The fraction of sp³-hybridized carbons (Fsp3) is 0.619. The third kappa shape index (κ3) is 56.4. The number of quaternary nitrogens is 1. The van der Waals surface area contributed by atoms with E-state index in [2.05, 4.69) is 87.1 Å². The van der Waals surface area contributed by atoms with Gasteiger partial charge in [0, 0.05) is 83.4 Å². The number of aromatic amines is 1. The number of nitrogens with two attached hydrogens (primary N) is 5. The maximum Gasteiger partial charge on any atom is 0.317 e. The lowest BCUT2D eigenvalue weighted by Gasteiger charge is -2.28. The molecule has 22 heteroatoms. The first-order valence-corrected chi connectivity index (χ1v) is 21.1. The van der Waals surface area contributed by atoms with Crippen molar-refractivity contribution in [2.24, 2.45) is 28.7 Å². The van der Waals surface area contributed by atoms with Crippen molar-refractivity contribution in [3.05, 3.63) is 90.5 Å². The number of carboxylic acids is 1. The fourth-order valence-electron chi connectivity index (χ4n) is 4.31. The van der Waals surface area contributed by atoms with Gasteiger partial charge in [0.15, 0.2) is 0 Å². The Labute approximate surface area is 381 Å². The molecular formula is C42H87N12O10+. The lowest BCUT2D eigenvalue weighted by atomic mass is 9.86. The summed E-state index contributed by atoms with van der Waals surface area (Å²) in [6.45, 7) is 9.05. The smallest absolute Gasteiger partial charge is 0.317 e. The molecule has 0 amide bonds. The maximum absolute atomic E-state index is 9.24. The minimum absolute atomic E-state index is 0.0600. The van der Waals surface area contributed by atoms with Crippen molar-refractivity contribution in [3.8, 4) is 0 Å². The highest BCUT2D eigenvalue weighted by Crippen LogP contribution is 2.16. The van der Waals surface area contributed by atoms with Gasteiger partial charge in [0.25, 0.3) is 0 Å². The van der Waals surface area contributed by atoms with Gasteiger partial charge in [-0.3, -0.25) is 19.4 Å². The van der Waals surface area contributed by atoms with Gasteiger partial charge in [-0.2, -0.15) is 0 Å². The van der Waals surface area contributed by atoms with Gasteiger partial charge in [-0.15, -0.1) is 0 Å². The number of nitrogens with zero attached hydrogens (tertiary/aromatic N) is 3. The lowest BCUT2D eigenvalue weighted by molar-refractivity contribution is -0.870.